The number of hydrogen-bond donors (Lipinski definition) is 3. The van der Waals surface area contributed by atoms with Gasteiger partial charge in [-0.3, -0.25) is 37.3 Å². The Labute approximate surface area is 613 Å². The average molecular weight is 1470 g/mol. The number of ether oxygens (including phenoxy) is 4. The molecule has 100 heavy (non-hydrogen) atoms. The molecule has 594 valence electrons. The zero-order chi connectivity index (χ0) is 73.5. The lowest BCUT2D eigenvalue weighted by Gasteiger charge is -2.21. The van der Waals surface area contributed by atoms with E-state index in [2.05, 4.69) is 41.5 Å². The number of rotatable bonds is 80. The van der Waals surface area contributed by atoms with E-state index in [1.807, 2.05) is 0 Å². The van der Waals surface area contributed by atoms with Gasteiger partial charge in [-0.1, -0.05) is 375 Å². The Morgan fingerprint density at radius 1 is 0.290 bits per heavy atom. The van der Waals surface area contributed by atoms with Crippen molar-refractivity contribution in [1.29, 1.82) is 0 Å². The van der Waals surface area contributed by atoms with Crippen molar-refractivity contribution in [2.24, 2.45) is 11.8 Å². The van der Waals surface area contributed by atoms with Crippen LogP contribution in [-0.4, -0.2) is 96.7 Å². The van der Waals surface area contributed by atoms with Gasteiger partial charge in [0.2, 0.25) is 0 Å². The van der Waals surface area contributed by atoms with Gasteiger partial charge in [-0.15, -0.1) is 0 Å². The van der Waals surface area contributed by atoms with Crippen molar-refractivity contribution < 1.29 is 80.2 Å². The SMILES string of the molecule is CCCCCCCCCCCCCCCCCCCC(=O)OC[C@H](COP(=O)(O)OC[C@@H](O)COP(=O)(O)OC[C@@H](COC(=O)CCCCCCCCCCCCCC)OC(=O)CCCCCCCCCCCCC(C)C)OC(=O)CCCCCCCCCCCCCCCCC(C)CC. The molecule has 19 heteroatoms. The molecule has 0 saturated heterocycles. The highest BCUT2D eigenvalue weighted by Crippen LogP contribution is 2.45. The number of phosphoric acid groups is 2. The maximum absolute atomic E-state index is 13.1. The molecule has 0 amide bonds. The number of hydrogen-bond acceptors (Lipinski definition) is 15. The fraction of sp³-hybridized carbons (Fsp3) is 0.951. The van der Waals surface area contributed by atoms with Crippen LogP contribution in [-0.2, 0) is 65.4 Å². The Hall–Kier alpha value is -1.94. The Bertz CT molecular complexity index is 1930. The highest BCUT2D eigenvalue weighted by atomic mass is 31.2. The first-order chi connectivity index (χ1) is 48.4. The first-order valence-electron chi connectivity index (χ1n) is 42.0. The van der Waals surface area contributed by atoms with E-state index >= 15 is 0 Å². The molecule has 0 saturated carbocycles. The van der Waals surface area contributed by atoms with Crippen LogP contribution < -0.4 is 0 Å². The van der Waals surface area contributed by atoms with Crippen LogP contribution in [0.5, 0.6) is 0 Å². The maximum atomic E-state index is 13.1. The fourth-order valence-electron chi connectivity index (χ4n) is 12.5. The fourth-order valence-corrected chi connectivity index (χ4v) is 14.1. The molecular weight excluding hydrogens is 1310 g/mol. The summed E-state index contributed by atoms with van der Waals surface area (Å²) in [7, 11) is -9.92. The van der Waals surface area contributed by atoms with Crippen molar-refractivity contribution in [2.75, 3.05) is 39.6 Å². The molecule has 3 unspecified atom stereocenters. The molecule has 0 aromatic rings. The van der Waals surface area contributed by atoms with Crippen LogP contribution in [0.2, 0.25) is 0 Å². The standard InChI is InChI=1S/C81H158O17P2/c1-7-10-12-14-16-18-20-22-23-24-25-29-33-40-46-52-58-64-79(84)92-69-76(97-80(85)65-59-53-47-41-34-30-27-26-28-31-38-44-50-56-62-74(6)9-3)71-95-99(87,88)93-67-75(82)68-94-100(89,90)96-72-77(70-91-78(83)63-57-51-45-39-32-21-19-17-15-13-11-8-2)98-81(86)66-60-54-48-42-36-35-37-43-49-55-61-73(4)5/h73-77,82H,7-72H2,1-6H3,(H,87,88)(H,89,90)/t74?,75-,76-,77-/m1/s1. The van der Waals surface area contributed by atoms with Gasteiger partial charge in [0.15, 0.2) is 12.2 Å². The molecular formula is C81H158O17P2. The van der Waals surface area contributed by atoms with Crippen LogP contribution in [0.15, 0.2) is 0 Å². The van der Waals surface area contributed by atoms with Gasteiger partial charge in [0, 0.05) is 25.7 Å². The summed E-state index contributed by atoms with van der Waals surface area (Å²) in [4.78, 5) is 73.1. The van der Waals surface area contributed by atoms with E-state index in [9.17, 15) is 43.2 Å². The molecule has 0 aromatic heterocycles. The van der Waals surface area contributed by atoms with Crippen LogP contribution in [0.25, 0.3) is 0 Å². The monoisotopic (exact) mass is 1470 g/mol. The zero-order valence-electron chi connectivity index (χ0n) is 65.5. The van der Waals surface area contributed by atoms with Crippen molar-refractivity contribution in [3.8, 4) is 0 Å². The maximum Gasteiger partial charge on any atom is 0.472 e. The summed E-state index contributed by atoms with van der Waals surface area (Å²) in [6, 6.07) is 0. The van der Waals surface area contributed by atoms with Gasteiger partial charge in [0.1, 0.15) is 19.3 Å². The van der Waals surface area contributed by atoms with E-state index in [4.69, 9.17) is 37.0 Å². The summed E-state index contributed by atoms with van der Waals surface area (Å²) in [5.74, 6) is -0.509. The number of unbranched alkanes of at least 4 members (excludes halogenated alkanes) is 49. The van der Waals surface area contributed by atoms with Gasteiger partial charge in [-0.25, -0.2) is 9.13 Å². The van der Waals surface area contributed by atoms with E-state index in [1.165, 1.54) is 244 Å². The smallest absolute Gasteiger partial charge is 0.462 e. The molecule has 0 aliphatic heterocycles. The Kier molecular flexibility index (Phi) is 71.2. The highest BCUT2D eigenvalue weighted by Gasteiger charge is 2.30. The van der Waals surface area contributed by atoms with Crippen LogP contribution in [0, 0.1) is 11.8 Å². The van der Waals surface area contributed by atoms with Crippen molar-refractivity contribution in [1.82, 2.24) is 0 Å². The van der Waals surface area contributed by atoms with E-state index in [1.54, 1.807) is 0 Å². The number of carbonyl (C=O) groups excluding carboxylic acids is 4. The molecule has 0 radical (unpaired) electrons. The first kappa shape index (κ1) is 98.1. The third kappa shape index (κ3) is 73.0. The number of aliphatic hydroxyl groups excluding tert-OH is 1. The average Bonchev–Trinajstić information content (AvgIpc) is 0.961. The molecule has 17 nitrogen and oxygen atoms in total. The van der Waals surface area contributed by atoms with Crippen molar-refractivity contribution in [2.45, 2.75) is 445 Å². The molecule has 0 aromatic carbocycles. The summed E-state index contributed by atoms with van der Waals surface area (Å²) in [5.41, 5.74) is 0. The molecule has 0 heterocycles. The number of carbonyl (C=O) groups is 4. The summed E-state index contributed by atoms with van der Waals surface area (Å²) in [5, 5.41) is 10.6. The Morgan fingerprint density at radius 3 is 0.760 bits per heavy atom. The molecule has 0 rings (SSSR count). The second-order valence-corrected chi connectivity index (χ2v) is 32.8. The molecule has 6 atom stereocenters. The van der Waals surface area contributed by atoms with Gasteiger partial charge in [0.25, 0.3) is 0 Å². The zero-order valence-corrected chi connectivity index (χ0v) is 67.3. The van der Waals surface area contributed by atoms with E-state index in [0.717, 1.165) is 102 Å². The summed E-state index contributed by atoms with van der Waals surface area (Å²) >= 11 is 0. The van der Waals surface area contributed by atoms with Crippen molar-refractivity contribution in [3.63, 3.8) is 0 Å². The van der Waals surface area contributed by atoms with Gasteiger partial charge < -0.3 is 33.8 Å². The van der Waals surface area contributed by atoms with E-state index in [0.29, 0.717) is 25.7 Å². The number of phosphoric ester groups is 2. The Morgan fingerprint density at radius 2 is 0.510 bits per heavy atom. The first-order valence-corrected chi connectivity index (χ1v) is 45.0. The summed E-state index contributed by atoms with van der Waals surface area (Å²) in [6.07, 6.45) is 62.2. The number of aliphatic hydroxyl groups is 1. The van der Waals surface area contributed by atoms with Gasteiger partial charge >= 0.3 is 39.5 Å². The molecule has 0 fully saturated rings. The third-order valence-electron chi connectivity index (χ3n) is 19.3. The predicted octanol–water partition coefficient (Wildman–Crippen LogP) is 24.3. The van der Waals surface area contributed by atoms with Crippen LogP contribution in [0.4, 0.5) is 0 Å². The predicted molar refractivity (Wildman–Crippen MR) is 409 cm³/mol. The van der Waals surface area contributed by atoms with Crippen LogP contribution in [0.1, 0.15) is 427 Å². The second-order valence-electron chi connectivity index (χ2n) is 29.9. The topological polar surface area (TPSA) is 237 Å². The number of esters is 4. The Balaban J connectivity index is 5.26. The van der Waals surface area contributed by atoms with Gasteiger partial charge in [-0.05, 0) is 37.5 Å². The lowest BCUT2D eigenvalue weighted by molar-refractivity contribution is -0.161. The van der Waals surface area contributed by atoms with Crippen LogP contribution in [0.3, 0.4) is 0 Å². The van der Waals surface area contributed by atoms with Crippen molar-refractivity contribution in [3.05, 3.63) is 0 Å². The molecule has 3 N–H and O–H groups in total. The molecule has 0 aliphatic carbocycles. The quantitative estimate of drug-likeness (QED) is 0.0222. The summed E-state index contributed by atoms with van der Waals surface area (Å²) in [6.45, 7) is 9.68. The molecule has 0 spiro atoms. The minimum absolute atomic E-state index is 0.106. The van der Waals surface area contributed by atoms with Crippen LogP contribution >= 0.6 is 15.6 Å². The lowest BCUT2D eigenvalue weighted by Crippen LogP contribution is -2.30. The molecule has 0 bridgehead atoms. The molecule has 0 aliphatic rings. The minimum atomic E-state index is -4.96. The van der Waals surface area contributed by atoms with Gasteiger partial charge in [-0.2, -0.15) is 0 Å². The highest BCUT2D eigenvalue weighted by molar-refractivity contribution is 7.47. The minimum Gasteiger partial charge on any atom is -0.462 e. The van der Waals surface area contributed by atoms with Crippen molar-refractivity contribution >= 4 is 39.5 Å². The second kappa shape index (κ2) is 72.6. The largest absolute Gasteiger partial charge is 0.472 e. The normalized spacial score (nSPS) is 14.2. The van der Waals surface area contributed by atoms with Gasteiger partial charge in [0.05, 0.1) is 26.4 Å². The third-order valence-corrected chi connectivity index (χ3v) is 21.2. The van der Waals surface area contributed by atoms with E-state index in [-0.39, 0.29) is 25.7 Å². The van der Waals surface area contributed by atoms with E-state index < -0.39 is 97.5 Å². The lowest BCUT2D eigenvalue weighted by atomic mass is 9.99. The summed E-state index contributed by atoms with van der Waals surface area (Å²) < 4.78 is 68.7.